The lowest BCUT2D eigenvalue weighted by molar-refractivity contribution is 0.0270. The quantitative estimate of drug-likeness (QED) is 0.220. The molecule has 2 aliphatic rings. The van der Waals surface area contributed by atoms with E-state index in [0.717, 1.165) is 103 Å². The average molecular weight is 619 g/mol. The van der Waals surface area contributed by atoms with Crippen LogP contribution in [0.4, 0.5) is 9.59 Å². The van der Waals surface area contributed by atoms with Gasteiger partial charge in [0.15, 0.2) is 0 Å². The molecule has 0 atom stereocenters. The van der Waals surface area contributed by atoms with Crippen LogP contribution in [0.15, 0.2) is 36.4 Å². The van der Waals surface area contributed by atoms with E-state index in [1.807, 2.05) is 0 Å². The van der Waals surface area contributed by atoms with Gasteiger partial charge in [0.2, 0.25) is 0 Å². The number of primary amides is 2. The maximum atomic E-state index is 11.8. The molecule has 45 heavy (non-hydrogen) atoms. The van der Waals surface area contributed by atoms with Crippen molar-refractivity contribution in [3.63, 3.8) is 0 Å². The summed E-state index contributed by atoms with van der Waals surface area (Å²) >= 11 is 0. The highest BCUT2D eigenvalue weighted by atomic mass is 16.6. The van der Waals surface area contributed by atoms with E-state index < -0.39 is 12.2 Å². The van der Waals surface area contributed by atoms with E-state index in [4.69, 9.17) is 20.9 Å². The van der Waals surface area contributed by atoms with E-state index in [0.29, 0.717) is 11.8 Å². The topological polar surface area (TPSA) is 105 Å². The molecule has 0 radical (unpaired) electrons. The molecule has 248 valence electrons. The summed E-state index contributed by atoms with van der Waals surface area (Å²) in [4.78, 5) is 23.5. The number of aryl methyl sites for hydroxylation is 4. The Balaban J connectivity index is 2.06. The van der Waals surface area contributed by atoms with Crippen LogP contribution in [0.3, 0.4) is 0 Å². The zero-order chi connectivity index (χ0) is 32.4. The molecular weight excluding hydrogens is 560 g/mol. The second-order valence-electron chi connectivity index (χ2n) is 13.6. The van der Waals surface area contributed by atoms with Crippen molar-refractivity contribution in [2.45, 2.75) is 148 Å². The number of benzene rings is 2. The van der Waals surface area contributed by atoms with Crippen molar-refractivity contribution in [1.82, 2.24) is 0 Å². The predicted octanol–water partition coefficient (Wildman–Crippen LogP) is 9.09. The van der Waals surface area contributed by atoms with Crippen LogP contribution < -0.4 is 11.5 Å². The third-order valence-corrected chi connectivity index (χ3v) is 10.6. The summed E-state index contributed by atoms with van der Waals surface area (Å²) in [6, 6.07) is 14.2. The van der Waals surface area contributed by atoms with Gasteiger partial charge in [0.25, 0.3) is 0 Å². The molecule has 2 aromatic rings. The third kappa shape index (κ3) is 7.86. The van der Waals surface area contributed by atoms with Crippen LogP contribution in [-0.2, 0) is 40.6 Å². The molecule has 4 N–H and O–H groups in total. The maximum absolute atomic E-state index is 11.8. The summed E-state index contributed by atoms with van der Waals surface area (Å²) in [6.07, 6.45) is 14.2. The minimum absolute atomic E-state index is 0.127. The standard InChI is InChI=1S/C39H58N2O4/c1-5-11-27-15-9-16-28(12-6-2)35(27)39(31-19-23-33(24-20-31)44-37(40)42,32-21-25-34(26-22-32)45-38(41)43)36-29(13-7-3)17-10-18-30(36)14-8-4/h9-10,15-18,31-34H,5-8,11-14,19-26H2,1-4H3,(H2,40,42)(H2,41,43). The predicted molar refractivity (Wildman–Crippen MR) is 182 cm³/mol. The Bertz CT molecular complexity index is 1110. The molecule has 2 aromatic carbocycles. The van der Waals surface area contributed by atoms with Gasteiger partial charge < -0.3 is 20.9 Å². The van der Waals surface area contributed by atoms with Gasteiger partial charge in [0.1, 0.15) is 12.2 Å². The summed E-state index contributed by atoms with van der Waals surface area (Å²) in [5, 5.41) is 0. The highest BCUT2D eigenvalue weighted by molar-refractivity contribution is 5.65. The van der Waals surface area contributed by atoms with Crippen LogP contribution >= 0.6 is 0 Å². The smallest absolute Gasteiger partial charge is 0.404 e. The first-order chi connectivity index (χ1) is 21.8. The van der Waals surface area contributed by atoms with Gasteiger partial charge in [0, 0.05) is 5.41 Å². The molecule has 2 fully saturated rings. The van der Waals surface area contributed by atoms with E-state index in [-0.39, 0.29) is 17.6 Å². The molecule has 2 saturated carbocycles. The van der Waals surface area contributed by atoms with E-state index >= 15 is 0 Å². The number of rotatable bonds is 14. The number of hydrogen-bond acceptors (Lipinski definition) is 4. The van der Waals surface area contributed by atoms with E-state index in [2.05, 4.69) is 64.1 Å². The molecule has 0 saturated heterocycles. The SMILES string of the molecule is CCCc1cccc(CCC)c1C(c1c(CCC)cccc1CCC)(C1CCC(OC(N)=O)CC1)C1CCC(OC(N)=O)CC1. The summed E-state index contributed by atoms with van der Waals surface area (Å²) in [5.74, 6) is 0.761. The third-order valence-electron chi connectivity index (χ3n) is 10.6. The van der Waals surface area contributed by atoms with Crippen molar-refractivity contribution >= 4 is 12.2 Å². The van der Waals surface area contributed by atoms with Crippen molar-refractivity contribution in [2.24, 2.45) is 23.3 Å². The van der Waals surface area contributed by atoms with Crippen LogP contribution in [0.2, 0.25) is 0 Å². The maximum Gasteiger partial charge on any atom is 0.404 e. The van der Waals surface area contributed by atoms with E-state index in [1.54, 1.807) is 11.1 Å². The van der Waals surface area contributed by atoms with Gasteiger partial charge >= 0.3 is 12.2 Å². The van der Waals surface area contributed by atoms with Crippen molar-refractivity contribution < 1.29 is 19.1 Å². The molecule has 0 unspecified atom stereocenters. The Morgan fingerprint density at radius 2 is 0.867 bits per heavy atom. The monoisotopic (exact) mass is 618 g/mol. The van der Waals surface area contributed by atoms with Gasteiger partial charge in [-0.1, -0.05) is 89.8 Å². The molecule has 4 rings (SSSR count). The number of nitrogens with two attached hydrogens (primary N) is 2. The zero-order valence-electron chi connectivity index (χ0n) is 28.4. The normalized spacial score (nSPS) is 22.1. The molecule has 6 heteroatoms. The van der Waals surface area contributed by atoms with Crippen LogP contribution in [0.25, 0.3) is 0 Å². The molecule has 0 bridgehead atoms. The summed E-state index contributed by atoms with van der Waals surface area (Å²) in [5.41, 5.74) is 19.9. The molecule has 0 heterocycles. The summed E-state index contributed by atoms with van der Waals surface area (Å²) < 4.78 is 11.2. The molecule has 0 aliphatic heterocycles. The van der Waals surface area contributed by atoms with Gasteiger partial charge in [-0.2, -0.15) is 0 Å². The fourth-order valence-electron chi connectivity index (χ4n) is 9.16. The van der Waals surface area contributed by atoms with Gasteiger partial charge in [0.05, 0.1) is 0 Å². The fraction of sp³-hybridized carbons (Fsp3) is 0.641. The van der Waals surface area contributed by atoms with E-state index in [1.165, 1.54) is 22.3 Å². The molecule has 2 aliphatic carbocycles. The van der Waals surface area contributed by atoms with Crippen LogP contribution in [0.1, 0.15) is 138 Å². The number of carbonyl (C=O) groups excluding carboxylic acids is 2. The first-order valence-corrected chi connectivity index (χ1v) is 17.9. The summed E-state index contributed by atoms with van der Waals surface area (Å²) in [6.45, 7) is 9.18. The van der Waals surface area contributed by atoms with Gasteiger partial charge in [-0.3, -0.25) is 0 Å². The highest BCUT2D eigenvalue weighted by Gasteiger charge is 2.53. The number of carbonyl (C=O) groups is 2. The Labute approximate surface area is 272 Å². The van der Waals surface area contributed by atoms with Crippen molar-refractivity contribution in [2.75, 3.05) is 0 Å². The largest absolute Gasteiger partial charge is 0.446 e. The minimum atomic E-state index is -0.672. The second-order valence-corrected chi connectivity index (χ2v) is 13.6. The summed E-state index contributed by atoms with van der Waals surface area (Å²) in [7, 11) is 0. The first kappa shape index (κ1) is 34.8. The van der Waals surface area contributed by atoms with Gasteiger partial charge in [-0.05, 0) is 122 Å². The van der Waals surface area contributed by atoms with Gasteiger partial charge in [-0.25, -0.2) is 9.59 Å². The zero-order valence-corrected chi connectivity index (χ0v) is 28.4. The van der Waals surface area contributed by atoms with Crippen molar-refractivity contribution in [3.8, 4) is 0 Å². The molecule has 6 nitrogen and oxygen atoms in total. The number of amides is 2. The van der Waals surface area contributed by atoms with Crippen LogP contribution in [0, 0.1) is 11.8 Å². The Morgan fingerprint density at radius 1 is 0.578 bits per heavy atom. The number of ether oxygens (including phenoxy) is 2. The fourth-order valence-corrected chi connectivity index (χ4v) is 9.16. The van der Waals surface area contributed by atoms with Crippen LogP contribution in [0.5, 0.6) is 0 Å². The molecule has 0 spiro atoms. The Morgan fingerprint density at radius 3 is 1.11 bits per heavy atom. The Hall–Kier alpha value is -3.02. The Kier molecular flexibility index (Phi) is 12.8. The van der Waals surface area contributed by atoms with Crippen LogP contribution in [-0.4, -0.2) is 24.4 Å². The molecular formula is C39H58N2O4. The lowest BCUT2D eigenvalue weighted by atomic mass is 9.50. The average Bonchev–Trinajstić information content (AvgIpc) is 3.01. The lowest BCUT2D eigenvalue weighted by Crippen LogP contribution is -2.50. The number of hydrogen-bond donors (Lipinski definition) is 2. The van der Waals surface area contributed by atoms with Gasteiger partial charge in [-0.15, -0.1) is 0 Å². The lowest BCUT2D eigenvalue weighted by Gasteiger charge is -2.54. The van der Waals surface area contributed by atoms with Crippen molar-refractivity contribution in [3.05, 3.63) is 69.8 Å². The second kappa shape index (κ2) is 16.5. The minimum Gasteiger partial charge on any atom is -0.446 e. The highest BCUT2D eigenvalue weighted by Crippen LogP contribution is 2.58. The molecule has 0 aromatic heterocycles. The van der Waals surface area contributed by atoms with E-state index in [9.17, 15) is 9.59 Å². The van der Waals surface area contributed by atoms with Crippen molar-refractivity contribution in [1.29, 1.82) is 0 Å². The molecule has 2 amide bonds. The first-order valence-electron chi connectivity index (χ1n) is 17.9.